The van der Waals surface area contributed by atoms with Gasteiger partial charge in [-0.2, -0.15) is 0 Å². The highest BCUT2D eigenvalue weighted by Gasteiger charge is 2.19. The van der Waals surface area contributed by atoms with E-state index in [9.17, 15) is 8.42 Å². The van der Waals surface area contributed by atoms with Crippen molar-refractivity contribution in [2.45, 2.75) is 50.6 Å². The molecular weight excluding hydrogens is 264 g/mol. The average Bonchev–Trinajstić information content (AvgIpc) is 2.12. The lowest BCUT2D eigenvalue weighted by Gasteiger charge is -2.17. The van der Waals surface area contributed by atoms with E-state index in [1.807, 2.05) is 0 Å². The van der Waals surface area contributed by atoms with Gasteiger partial charge in [0.25, 0.3) is 0 Å². The predicted octanol–water partition coefficient (Wildman–Crippen LogP) is 3.01. The van der Waals surface area contributed by atoms with E-state index in [0.29, 0.717) is 16.5 Å². The van der Waals surface area contributed by atoms with E-state index >= 15 is 0 Å². The Labute approximate surface area is 96.5 Å². The van der Waals surface area contributed by atoms with Gasteiger partial charge in [0.15, 0.2) is 9.84 Å². The topological polar surface area (TPSA) is 34.1 Å². The van der Waals surface area contributed by atoms with Gasteiger partial charge in [0, 0.05) is 4.83 Å². The van der Waals surface area contributed by atoms with Crippen molar-refractivity contribution >= 4 is 25.8 Å². The second-order valence-electron chi connectivity index (χ2n) is 4.11. The summed E-state index contributed by atoms with van der Waals surface area (Å²) < 4.78 is 23.1. The van der Waals surface area contributed by atoms with Crippen LogP contribution in [0.2, 0.25) is 0 Å². The maximum absolute atomic E-state index is 11.5. The molecule has 0 bridgehead atoms. The quantitative estimate of drug-likeness (QED) is 0.703. The van der Waals surface area contributed by atoms with Gasteiger partial charge in [-0.3, -0.25) is 0 Å². The van der Waals surface area contributed by atoms with E-state index in [-0.39, 0.29) is 5.25 Å². The highest BCUT2D eigenvalue weighted by Crippen LogP contribution is 2.20. The molecule has 2 nitrogen and oxygen atoms in total. The third-order valence-electron chi connectivity index (χ3n) is 2.58. The molecule has 2 unspecified atom stereocenters. The summed E-state index contributed by atoms with van der Waals surface area (Å²) in [5.41, 5.74) is 0. The fourth-order valence-corrected chi connectivity index (χ4v) is 2.61. The lowest BCUT2D eigenvalue weighted by Crippen LogP contribution is -2.21. The zero-order valence-corrected chi connectivity index (χ0v) is 11.9. The highest BCUT2D eigenvalue weighted by atomic mass is 79.9. The van der Waals surface area contributed by atoms with E-state index in [4.69, 9.17) is 0 Å². The van der Waals surface area contributed by atoms with Crippen molar-refractivity contribution < 1.29 is 8.42 Å². The standard InChI is InChI=1S/C10H21BrO2S/c1-5-10(11)9(4)6-7-14(12,13)8(2)3/h8-10H,5-7H2,1-4H3. The van der Waals surface area contributed by atoms with E-state index in [2.05, 4.69) is 29.8 Å². The van der Waals surface area contributed by atoms with Crippen molar-refractivity contribution in [3.05, 3.63) is 0 Å². The van der Waals surface area contributed by atoms with Gasteiger partial charge in [0.1, 0.15) is 0 Å². The third kappa shape index (κ3) is 4.78. The lowest BCUT2D eigenvalue weighted by molar-refractivity contribution is 0.520. The van der Waals surface area contributed by atoms with Gasteiger partial charge in [-0.05, 0) is 32.6 Å². The van der Waals surface area contributed by atoms with Crippen LogP contribution in [-0.2, 0) is 9.84 Å². The number of rotatable bonds is 6. The average molecular weight is 285 g/mol. The SMILES string of the molecule is CCC(Br)C(C)CCS(=O)(=O)C(C)C. The van der Waals surface area contributed by atoms with Crippen LogP contribution >= 0.6 is 15.9 Å². The molecular formula is C10H21BrO2S. The maximum Gasteiger partial charge on any atom is 0.152 e. The minimum absolute atomic E-state index is 0.245. The molecule has 4 heteroatoms. The molecule has 0 aliphatic carbocycles. The molecule has 0 fully saturated rings. The molecule has 0 spiro atoms. The molecule has 86 valence electrons. The third-order valence-corrected chi connectivity index (χ3v) is 6.37. The molecule has 0 radical (unpaired) electrons. The summed E-state index contributed by atoms with van der Waals surface area (Å²) in [5, 5.41) is -0.245. The summed E-state index contributed by atoms with van der Waals surface area (Å²) in [7, 11) is -2.86. The van der Waals surface area contributed by atoms with E-state index in [0.717, 1.165) is 12.8 Å². The molecule has 0 saturated carbocycles. The first-order chi connectivity index (χ1) is 6.31. The molecule has 0 aliphatic rings. The van der Waals surface area contributed by atoms with Crippen LogP contribution in [0.5, 0.6) is 0 Å². The lowest BCUT2D eigenvalue weighted by atomic mass is 10.0. The molecule has 0 aromatic carbocycles. The van der Waals surface area contributed by atoms with Crippen molar-refractivity contribution in [2.24, 2.45) is 5.92 Å². The Morgan fingerprint density at radius 3 is 2.07 bits per heavy atom. The Bertz CT molecular complexity index is 247. The Morgan fingerprint density at radius 2 is 1.71 bits per heavy atom. The molecule has 0 rings (SSSR count). The second kappa shape index (κ2) is 6.11. The smallest absolute Gasteiger partial charge is 0.152 e. The van der Waals surface area contributed by atoms with Crippen LogP contribution in [0, 0.1) is 5.92 Å². The number of halogens is 1. The summed E-state index contributed by atoms with van der Waals surface area (Å²) in [5.74, 6) is 0.738. The summed E-state index contributed by atoms with van der Waals surface area (Å²) in [6.07, 6.45) is 1.80. The zero-order valence-electron chi connectivity index (χ0n) is 9.46. The first-order valence-corrected chi connectivity index (χ1v) is 7.80. The molecule has 2 atom stereocenters. The minimum Gasteiger partial charge on any atom is -0.229 e. The van der Waals surface area contributed by atoms with Gasteiger partial charge in [-0.15, -0.1) is 0 Å². The summed E-state index contributed by atoms with van der Waals surface area (Å²) in [6, 6.07) is 0. The van der Waals surface area contributed by atoms with Crippen LogP contribution in [-0.4, -0.2) is 24.2 Å². The van der Waals surface area contributed by atoms with Crippen molar-refractivity contribution in [2.75, 3.05) is 5.75 Å². The van der Waals surface area contributed by atoms with Crippen LogP contribution in [0.3, 0.4) is 0 Å². The Balaban J connectivity index is 4.07. The summed E-state index contributed by atoms with van der Waals surface area (Å²) >= 11 is 3.55. The molecule has 0 aromatic rings. The Kier molecular flexibility index (Phi) is 6.30. The summed E-state index contributed by atoms with van der Waals surface area (Å²) in [4.78, 5) is 0.435. The summed E-state index contributed by atoms with van der Waals surface area (Å²) in [6.45, 7) is 7.68. The van der Waals surface area contributed by atoms with Gasteiger partial charge in [-0.25, -0.2) is 8.42 Å². The monoisotopic (exact) mass is 284 g/mol. The van der Waals surface area contributed by atoms with Crippen LogP contribution in [0.25, 0.3) is 0 Å². The Hall–Kier alpha value is 0.430. The van der Waals surface area contributed by atoms with E-state index < -0.39 is 9.84 Å². The Morgan fingerprint density at radius 1 is 1.21 bits per heavy atom. The normalized spacial score (nSPS) is 17.0. The van der Waals surface area contributed by atoms with Crippen molar-refractivity contribution in [3.8, 4) is 0 Å². The van der Waals surface area contributed by atoms with Crippen LogP contribution in [0.1, 0.15) is 40.5 Å². The molecule has 0 N–H and O–H groups in total. The molecule has 0 saturated heterocycles. The van der Waals surface area contributed by atoms with Gasteiger partial charge < -0.3 is 0 Å². The van der Waals surface area contributed by atoms with Crippen LogP contribution in [0.4, 0.5) is 0 Å². The van der Waals surface area contributed by atoms with Crippen molar-refractivity contribution in [1.82, 2.24) is 0 Å². The number of hydrogen-bond acceptors (Lipinski definition) is 2. The van der Waals surface area contributed by atoms with Gasteiger partial charge >= 0.3 is 0 Å². The largest absolute Gasteiger partial charge is 0.229 e. The highest BCUT2D eigenvalue weighted by molar-refractivity contribution is 9.09. The zero-order chi connectivity index (χ0) is 11.4. The molecule has 0 aliphatic heterocycles. The molecule has 0 heterocycles. The first-order valence-electron chi connectivity index (χ1n) is 5.16. The van der Waals surface area contributed by atoms with Crippen molar-refractivity contribution in [1.29, 1.82) is 0 Å². The molecule has 0 amide bonds. The number of hydrogen-bond donors (Lipinski definition) is 0. The maximum atomic E-state index is 11.5. The minimum atomic E-state index is -2.86. The fraction of sp³-hybridized carbons (Fsp3) is 1.00. The number of sulfone groups is 1. The van der Waals surface area contributed by atoms with Crippen molar-refractivity contribution in [3.63, 3.8) is 0 Å². The number of alkyl halides is 1. The molecule has 0 aromatic heterocycles. The van der Waals surface area contributed by atoms with Gasteiger partial charge in [0.05, 0.1) is 11.0 Å². The molecule has 14 heavy (non-hydrogen) atoms. The second-order valence-corrected chi connectivity index (χ2v) is 7.96. The van der Waals surface area contributed by atoms with Crippen LogP contribution < -0.4 is 0 Å². The van der Waals surface area contributed by atoms with Gasteiger partial charge in [0.2, 0.25) is 0 Å². The van der Waals surface area contributed by atoms with E-state index in [1.54, 1.807) is 13.8 Å². The predicted molar refractivity (Wildman–Crippen MR) is 65.7 cm³/mol. The van der Waals surface area contributed by atoms with Gasteiger partial charge in [-0.1, -0.05) is 29.8 Å². The first kappa shape index (κ1) is 14.4. The van der Waals surface area contributed by atoms with Crippen LogP contribution in [0.15, 0.2) is 0 Å². The fourth-order valence-electron chi connectivity index (χ4n) is 1.17. The van der Waals surface area contributed by atoms with E-state index in [1.165, 1.54) is 0 Å².